The van der Waals surface area contributed by atoms with Crippen LogP contribution < -0.4 is 5.32 Å². The van der Waals surface area contributed by atoms with Gasteiger partial charge >= 0.3 is 0 Å². The number of carbonyl (C=O) groups excluding carboxylic acids is 1. The average Bonchev–Trinajstić information content (AvgIpc) is 2.91. The smallest absolute Gasteiger partial charge is 0.238 e. The molecule has 0 heterocycles. The predicted molar refractivity (Wildman–Crippen MR) is 89.9 cm³/mol. The van der Waals surface area contributed by atoms with Crippen molar-refractivity contribution in [1.82, 2.24) is 4.90 Å². The number of fused-ring (bicyclic) bond motifs is 1. The number of likely N-dealkylation sites (N-methyl/N-ethyl adjacent to an activating group) is 1. The Labute approximate surface area is 132 Å². The number of aryl methyl sites for hydroxylation is 2. The molecule has 0 bridgehead atoms. The van der Waals surface area contributed by atoms with Crippen LogP contribution in [0.4, 0.5) is 5.69 Å². The van der Waals surface area contributed by atoms with Gasteiger partial charge in [0, 0.05) is 11.7 Å². The van der Waals surface area contributed by atoms with Gasteiger partial charge in [0.25, 0.3) is 0 Å². The van der Waals surface area contributed by atoms with Crippen molar-refractivity contribution in [2.45, 2.75) is 25.8 Å². The number of nitrogens with one attached hydrogen (secondary N) is 1. The normalized spacial score (nSPS) is 16.6. The molecular formula is C19H22N2O. The van der Waals surface area contributed by atoms with E-state index in [1.54, 1.807) is 0 Å². The molecule has 22 heavy (non-hydrogen) atoms. The van der Waals surface area contributed by atoms with Crippen LogP contribution in [-0.2, 0) is 11.2 Å². The van der Waals surface area contributed by atoms with Crippen LogP contribution in [0.2, 0.25) is 0 Å². The van der Waals surface area contributed by atoms with Crippen LogP contribution in [0.3, 0.4) is 0 Å². The molecule has 0 spiro atoms. The molecule has 1 atom stereocenters. The minimum Gasteiger partial charge on any atom is -0.325 e. The summed E-state index contributed by atoms with van der Waals surface area (Å²) in [4.78, 5) is 14.4. The minimum absolute atomic E-state index is 0.0393. The van der Waals surface area contributed by atoms with Gasteiger partial charge in [0.2, 0.25) is 5.91 Å². The lowest BCUT2D eigenvalue weighted by Gasteiger charge is -2.24. The Morgan fingerprint density at radius 1 is 1.23 bits per heavy atom. The van der Waals surface area contributed by atoms with E-state index in [0.717, 1.165) is 24.1 Å². The maximum atomic E-state index is 12.3. The lowest BCUT2D eigenvalue weighted by molar-refractivity contribution is -0.117. The molecule has 0 saturated heterocycles. The van der Waals surface area contributed by atoms with Crippen molar-refractivity contribution in [1.29, 1.82) is 0 Å². The first-order valence-corrected chi connectivity index (χ1v) is 7.78. The Morgan fingerprint density at radius 2 is 2.05 bits per heavy atom. The van der Waals surface area contributed by atoms with Gasteiger partial charge in [-0.15, -0.1) is 0 Å². The highest BCUT2D eigenvalue weighted by molar-refractivity contribution is 5.92. The number of amides is 1. The van der Waals surface area contributed by atoms with Crippen LogP contribution in [0.15, 0.2) is 48.5 Å². The molecule has 0 fully saturated rings. The first-order chi connectivity index (χ1) is 10.6. The first kappa shape index (κ1) is 14.8. The summed E-state index contributed by atoms with van der Waals surface area (Å²) in [6, 6.07) is 16.8. The molecule has 114 valence electrons. The zero-order valence-corrected chi connectivity index (χ0v) is 13.2. The Hall–Kier alpha value is -2.13. The van der Waals surface area contributed by atoms with Crippen molar-refractivity contribution in [2.24, 2.45) is 0 Å². The molecule has 0 aliphatic heterocycles. The number of carbonyl (C=O) groups is 1. The highest BCUT2D eigenvalue weighted by Crippen LogP contribution is 2.34. The molecule has 0 aromatic heterocycles. The predicted octanol–water partition coefficient (Wildman–Crippen LogP) is 3.55. The van der Waals surface area contributed by atoms with Gasteiger partial charge in [-0.1, -0.05) is 36.4 Å². The largest absolute Gasteiger partial charge is 0.325 e. The summed E-state index contributed by atoms with van der Waals surface area (Å²) in [6.45, 7) is 2.43. The molecule has 0 radical (unpaired) electrons. The van der Waals surface area contributed by atoms with Gasteiger partial charge < -0.3 is 5.32 Å². The third kappa shape index (κ3) is 3.20. The van der Waals surface area contributed by atoms with E-state index >= 15 is 0 Å². The van der Waals surface area contributed by atoms with Crippen LogP contribution in [0.25, 0.3) is 0 Å². The Morgan fingerprint density at radius 3 is 2.86 bits per heavy atom. The average molecular weight is 294 g/mol. The molecule has 3 nitrogen and oxygen atoms in total. The number of nitrogens with zero attached hydrogens (tertiary/aromatic N) is 1. The fourth-order valence-electron chi connectivity index (χ4n) is 3.25. The zero-order valence-electron chi connectivity index (χ0n) is 13.2. The van der Waals surface area contributed by atoms with E-state index in [0.29, 0.717) is 12.6 Å². The number of rotatable bonds is 4. The third-order valence-electron chi connectivity index (χ3n) is 4.33. The second-order valence-corrected chi connectivity index (χ2v) is 6.09. The quantitative estimate of drug-likeness (QED) is 0.935. The molecule has 3 heteroatoms. The summed E-state index contributed by atoms with van der Waals surface area (Å²) in [5.41, 5.74) is 4.80. The Kier molecular flexibility index (Phi) is 4.25. The molecule has 2 aromatic carbocycles. The van der Waals surface area contributed by atoms with E-state index in [2.05, 4.69) is 34.5 Å². The molecule has 3 rings (SSSR count). The second-order valence-electron chi connectivity index (χ2n) is 6.09. The van der Waals surface area contributed by atoms with Crippen LogP contribution >= 0.6 is 0 Å². The van der Waals surface area contributed by atoms with Crippen molar-refractivity contribution >= 4 is 11.6 Å². The fraction of sp³-hybridized carbons (Fsp3) is 0.316. The molecule has 1 unspecified atom stereocenters. The Balaban J connectivity index is 1.62. The zero-order chi connectivity index (χ0) is 15.5. The summed E-state index contributed by atoms with van der Waals surface area (Å²) in [5, 5.41) is 2.98. The lowest BCUT2D eigenvalue weighted by atomic mass is 10.1. The molecule has 1 amide bonds. The topological polar surface area (TPSA) is 32.3 Å². The van der Waals surface area contributed by atoms with Crippen LogP contribution in [0, 0.1) is 6.92 Å². The molecule has 1 aliphatic rings. The van der Waals surface area contributed by atoms with Crippen molar-refractivity contribution in [3.05, 3.63) is 65.2 Å². The molecule has 2 aromatic rings. The van der Waals surface area contributed by atoms with Gasteiger partial charge in [-0.25, -0.2) is 0 Å². The van der Waals surface area contributed by atoms with E-state index in [-0.39, 0.29) is 5.91 Å². The summed E-state index contributed by atoms with van der Waals surface area (Å²) in [6.07, 6.45) is 2.19. The highest BCUT2D eigenvalue weighted by Gasteiger charge is 2.26. The standard InChI is InChI=1S/C19H22N2O/c1-14-6-5-8-16(12-14)20-19(22)13-21(2)18-11-10-15-7-3-4-9-17(15)18/h3-9,12,18H,10-11,13H2,1-2H3,(H,20,22). The number of benzene rings is 2. The summed E-state index contributed by atoms with van der Waals surface area (Å²) >= 11 is 0. The SMILES string of the molecule is Cc1cccc(NC(=O)CN(C)C2CCc3ccccc32)c1. The van der Waals surface area contributed by atoms with Gasteiger partial charge in [0.15, 0.2) is 0 Å². The maximum absolute atomic E-state index is 12.3. The monoisotopic (exact) mass is 294 g/mol. The van der Waals surface area contributed by atoms with Crippen molar-refractivity contribution < 1.29 is 4.79 Å². The first-order valence-electron chi connectivity index (χ1n) is 7.78. The number of anilines is 1. The van der Waals surface area contributed by atoms with E-state index in [1.807, 2.05) is 38.2 Å². The third-order valence-corrected chi connectivity index (χ3v) is 4.33. The number of hydrogen-bond donors (Lipinski definition) is 1. The van der Waals surface area contributed by atoms with Crippen molar-refractivity contribution in [3.8, 4) is 0 Å². The van der Waals surface area contributed by atoms with E-state index in [4.69, 9.17) is 0 Å². The van der Waals surface area contributed by atoms with Gasteiger partial charge in [0.05, 0.1) is 6.54 Å². The fourth-order valence-corrected chi connectivity index (χ4v) is 3.25. The van der Waals surface area contributed by atoms with Gasteiger partial charge in [-0.2, -0.15) is 0 Å². The highest BCUT2D eigenvalue weighted by atomic mass is 16.2. The van der Waals surface area contributed by atoms with E-state index < -0.39 is 0 Å². The van der Waals surface area contributed by atoms with Crippen LogP contribution in [0.1, 0.15) is 29.2 Å². The second kappa shape index (κ2) is 6.32. The molecular weight excluding hydrogens is 272 g/mol. The molecule has 1 N–H and O–H groups in total. The molecule has 0 saturated carbocycles. The van der Waals surface area contributed by atoms with Gasteiger partial charge in [-0.3, -0.25) is 9.69 Å². The van der Waals surface area contributed by atoms with E-state index in [9.17, 15) is 4.79 Å². The van der Waals surface area contributed by atoms with Crippen molar-refractivity contribution in [3.63, 3.8) is 0 Å². The number of hydrogen-bond acceptors (Lipinski definition) is 2. The summed E-state index contributed by atoms with van der Waals surface area (Å²) in [5.74, 6) is 0.0393. The van der Waals surface area contributed by atoms with Crippen LogP contribution in [0.5, 0.6) is 0 Å². The molecule has 1 aliphatic carbocycles. The van der Waals surface area contributed by atoms with Crippen LogP contribution in [-0.4, -0.2) is 24.4 Å². The van der Waals surface area contributed by atoms with E-state index in [1.165, 1.54) is 11.1 Å². The minimum atomic E-state index is 0.0393. The lowest BCUT2D eigenvalue weighted by Crippen LogP contribution is -2.32. The summed E-state index contributed by atoms with van der Waals surface area (Å²) < 4.78 is 0. The van der Waals surface area contributed by atoms with Gasteiger partial charge in [0.1, 0.15) is 0 Å². The maximum Gasteiger partial charge on any atom is 0.238 e. The van der Waals surface area contributed by atoms with Crippen molar-refractivity contribution in [2.75, 3.05) is 18.9 Å². The Bertz CT molecular complexity index is 681. The van der Waals surface area contributed by atoms with Gasteiger partial charge in [-0.05, 0) is 55.6 Å². The summed E-state index contributed by atoms with van der Waals surface area (Å²) in [7, 11) is 2.03.